The van der Waals surface area contributed by atoms with Crippen LogP contribution in [0.5, 0.6) is 0 Å². The van der Waals surface area contributed by atoms with Crippen LogP contribution in [0.4, 0.5) is 5.82 Å². The number of anilines is 1. The van der Waals surface area contributed by atoms with Crippen molar-refractivity contribution < 1.29 is 18.7 Å². The van der Waals surface area contributed by atoms with Crippen molar-refractivity contribution in [1.29, 1.82) is 0 Å². The van der Waals surface area contributed by atoms with Gasteiger partial charge in [0.25, 0.3) is 14.2 Å². The molecule has 0 spiro atoms. The summed E-state index contributed by atoms with van der Waals surface area (Å²) in [6, 6.07) is 20.9. The number of amides is 1. The number of aromatic nitrogens is 3. The molecule has 1 saturated heterocycles. The Morgan fingerprint density at radius 2 is 1.61 bits per heavy atom. The minimum atomic E-state index is -2.74. The molecule has 9 nitrogen and oxygen atoms in total. The van der Waals surface area contributed by atoms with E-state index in [-0.39, 0.29) is 40.7 Å². The van der Waals surface area contributed by atoms with Crippen LogP contribution in [-0.4, -0.2) is 53.8 Å². The van der Waals surface area contributed by atoms with Crippen molar-refractivity contribution in [3.63, 3.8) is 0 Å². The summed E-state index contributed by atoms with van der Waals surface area (Å²) in [6.45, 7) is 11.1. The smallest absolute Gasteiger partial charge is 0.273 e. The third-order valence-electron chi connectivity index (χ3n) is 7.76. The molecule has 4 N–H and O–H groups in total. The lowest BCUT2D eigenvalue weighted by molar-refractivity contribution is -0.161. The van der Waals surface area contributed by atoms with E-state index in [2.05, 4.69) is 79.6 Å². The number of rotatable bonds is 7. The van der Waals surface area contributed by atoms with E-state index in [0.717, 1.165) is 0 Å². The predicted octanol–water partition coefficient (Wildman–Crippen LogP) is 2.62. The van der Waals surface area contributed by atoms with Crippen LogP contribution in [0.2, 0.25) is 5.04 Å². The molecule has 2 aliphatic rings. The van der Waals surface area contributed by atoms with Crippen LogP contribution < -0.4 is 21.8 Å². The molecule has 1 aromatic heterocycles. The molecule has 1 saturated carbocycles. The molecular weight excluding hydrogens is 498 g/mol. The van der Waals surface area contributed by atoms with Gasteiger partial charge in [0.15, 0.2) is 17.3 Å². The van der Waals surface area contributed by atoms with Gasteiger partial charge in [0.05, 0.1) is 12.1 Å². The van der Waals surface area contributed by atoms with Gasteiger partial charge in [-0.15, -0.1) is 5.10 Å². The van der Waals surface area contributed by atoms with E-state index in [9.17, 15) is 4.79 Å². The highest BCUT2D eigenvalue weighted by atomic mass is 28.4. The number of hydrogen-bond donors (Lipinski definition) is 2. The van der Waals surface area contributed by atoms with Crippen LogP contribution in [0.1, 0.15) is 57.6 Å². The number of carbonyl (C=O) groups is 1. The molecule has 2 aromatic carbocycles. The highest BCUT2D eigenvalue weighted by molar-refractivity contribution is 6.99. The summed E-state index contributed by atoms with van der Waals surface area (Å²) >= 11 is 0. The molecule has 1 aliphatic heterocycles. The molecule has 1 aliphatic carbocycles. The molecule has 2 fully saturated rings. The predicted molar refractivity (Wildman–Crippen MR) is 147 cm³/mol. The monoisotopic (exact) mass is 535 g/mol. The topological polar surface area (TPSA) is 128 Å². The minimum Gasteiger partial charge on any atom is -0.407 e. The van der Waals surface area contributed by atoms with Crippen molar-refractivity contribution in [1.82, 2.24) is 15.0 Å². The maximum atomic E-state index is 11.8. The average Bonchev–Trinajstić information content (AvgIpc) is 3.50. The second-order valence-corrected chi connectivity index (χ2v) is 16.0. The average molecular weight is 536 g/mol. The lowest BCUT2D eigenvalue weighted by Gasteiger charge is -2.43. The first-order valence-corrected chi connectivity index (χ1v) is 15.0. The first kappa shape index (κ1) is 26.5. The third kappa shape index (κ3) is 4.45. The number of primary amides is 1. The van der Waals surface area contributed by atoms with Gasteiger partial charge in [0, 0.05) is 12.5 Å². The number of hydrogen-bond acceptors (Lipinski definition) is 7. The molecular formula is C28H37N5O4Si. The highest BCUT2D eigenvalue weighted by Crippen LogP contribution is 2.48. The number of carbonyl (C=O) groups excluding carboxylic acids is 1. The second-order valence-electron chi connectivity index (χ2n) is 11.7. The van der Waals surface area contributed by atoms with Crippen molar-refractivity contribution in [2.24, 2.45) is 11.7 Å². The Bertz CT molecular complexity index is 1250. The molecule has 0 unspecified atom stereocenters. The molecule has 202 valence electrons. The van der Waals surface area contributed by atoms with Crippen LogP contribution in [0.3, 0.4) is 0 Å². The fourth-order valence-electron chi connectivity index (χ4n) is 6.17. The van der Waals surface area contributed by atoms with Crippen molar-refractivity contribution in [2.45, 2.75) is 70.1 Å². The van der Waals surface area contributed by atoms with Gasteiger partial charge < -0.3 is 25.4 Å². The number of nitrogens with zero attached hydrogens (tertiary/aromatic N) is 3. The lowest BCUT2D eigenvalue weighted by atomic mass is 10.1. The van der Waals surface area contributed by atoms with E-state index in [1.165, 1.54) is 10.4 Å². The lowest BCUT2D eigenvalue weighted by Crippen LogP contribution is -2.67. The molecule has 10 heteroatoms. The third-order valence-corrected chi connectivity index (χ3v) is 12.8. The van der Waals surface area contributed by atoms with Crippen LogP contribution in [0.15, 0.2) is 60.7 Å². The van der Waals surface area contributed by atoms with Gasteiger partial charge in [-0.05, 0) is 35.7 Å². The van der Waals surface area contributed by atoms with E-state index in [0.29, 0.717) is 13.0 Å². The van der Waals surface area contributed by atoms with Gasteiger partial charge in [0.1, 0.15) is 6.10 Å². The van der Waals surface area contributed by atoms with E-state index in [1.54, 1.807) is 4.68 Å². The quantitative estimate of drug-likeness (QED) is 0.445. The molecule has 1 amide bonds. The van der Waals surface area contributed by atoms with Crippen LogP contribution >= 0.6 is 0 Å². The number of benzene rings is 2. The van der Waals surface area contributed by atoms with Crippen LogP contribution in [0, 0.1) is 5.92 Å². The number of ether oxygens (including phenoxy) is 2. The van der Waals surface area contributed by atoms with E-state index >= 15 is 0 Å². The van der Waals surface area contributed by atoms with Crippen molar-refractivity contribution >= 4 is 30.4 Å². The summed E-state index contributed by atoms with van der Waals surface area (Å²) in [5, 5.41) is 10.4. The van der Waals surface area contributed by atoms with Gasteiger partial charge in [-0.25, -0.2) is 4.68 Å². The van der Waals surface area contributed by atoms with Crippen LogP contribution in [-0.2, 0) is 13.9 Å². The zero-order valence-electron chi connectivity index (χ0n) is 22.6. The Morgan fingerprint density at radius 3 is 2.11 bits per heavy atom. The molecule has 4 atom stereocenters. The zero-order chi connectivity index (χ0) is 27.3. The Labute approximate surface area is 224 Å². The first-order chi connectivity index (χ1) is 17.9. The fraction of sp³-hybridized carbons (Fsp3) is 0.464. The summed E-state index contributed by atoms with van der Waals surface area (Å²) in [5.41, 5.74) is 11.7. The van der Waals surface area contributed by atoms with Crippen molar-refractivity contribution in [2.75, 3.05) is 12.3 Å². The van der Waals surface area contributed by atoms with E-state index < -0.39 is 20.0 Å². The van der Waals surface area contributed by atoms with Gasteiger partial charge in [0.2, 0.25) is 0 Å². The van der Waals surface area contributed by atoms with E-state index in [4.69, 9.17) is 25.4 Å². The Balaban J connectivity index is 1.51. The molecule has 0 radical (unpaired) electrons. The maximum absolute atomic E-state index is 11.8. The Hall–Kier alpha value is -3.05. The summed E-state index contributed by atoms with van der Waals surface area (Å²) in [4.78, 5) is 11.8. The van der Waals surface area contributed by atoms with Gasteiger partial charge in [-0.1, -0.05) is 86.6 Å². The Morgan fingerprint density at radius 1 is 1.05 bits per heavy atom. The largest absolute Gasteiger partial charge is 0.407 e. The molecule has 0 bridgehead atoms. The van der Waals surface area contributed by atoms with Crippen molar-refractivity contribution in [3.05, 3.63) is 66.4 Å². The zero-order valence-corrected chi connectivity index (χ0v) is 23.6. The summed E-state index contributed by atoms with van der Waals surface area (Å²) in [5.74, 6) is -1.33. The second kappa shape index (κ2) is 9.60. The number of nitrogens with two attached hydrogens (primary N) is 2. The first-order valence-electron chi connectivity index (χ1n) is 13.1. The van der Waals surface area contributed by atoms with Gasteiger partial charge in [-0.2, -0.15) is 0 Å². The van der Waals surface area contributed by atoms with Gasteiger partial charge >= 0.3 is 0 Å². The van der Waals surface area contributed by atoms with Gasteiger partial charge in [-0.3, -0.25) is 4.79 Å². The standard InChI is InChI=1S/C28H37N5O4Si/c1-27(2,3)38(19-12-8-6-9-13-19,20-14-10-7-11-15-20)35-17-18-16-21(24-23(18)36-28(4,5)37-24)33-25(29)22(26(30)34)31-32-33/h6-15,18,21,23-24H,16-17,29H2,1-5H3,(H2,30,34)/t18-,21-,23-,24+/m1/s1. The van der Waals surface area contributed by atoms with Crippen molar-refractivity contribution in [3.8, 4) is 0 Å². The molecule has 2 heterocycles. The Kier molecular flexibility index (Phi) is 6.71. The maximum Gasteiger partial charge on any atom is 0.273 e. The SMILES string of the molecule is CC1(C)O[C@@H]2[C@@H](CO[Si](c3ccccc3)(c3ccccc3)C(C)(C)C)C[C@@H](n3nnc(C(N)=O)c3N)[C@@H]2O1. The van der Waals surface area contributed by atoms with Crippen LogP contribution in [0.25, 0.3) is 0 Å². The molecule has 5 rings (SSSR count). The molecule has 3 aromatic rings. The highest BCUT2D eigenvalue weighted by Gasteiger charge is 2.57. The normalized spacial score (nSPS) is 24.9. The number of fused-ring (bicyclic) bond motifs is 1. The number of nitrogen functional groups attached to an aromatic ring is 1. The van der Waals surface area contributed by atoms with E-state index in [1.807, 2.05) is 26.0 Å². The summed E-state index contributed by atoms with van der Waals surface area (Å²) in [7, 11) is -2.74. The minimum absolute atomic E-state index is 0.00838. The summed E-state index contributed by atoms with van der Waals surface area (Å²) in [6.07, 6.45) is 0.103. The fourth-order valence-corrected chi connectivity index (χ4v) is 10.8. The summed E-state index contributed by atoms with van der Waals surface area (Å²) < 4.78 is 21.5. The molecule has 38 heavy (non-hydrogen) atoms.